The van der Waals surface area contributed by atoms with Crippen LogP contribution in [0.4, 0.5) is 0 Å². The van der Waals surface area contributed by atoms with Crippen LogP contribution >= 0.6 is 0 Å². The molecule has 0 radical (unpaired) electrons. The van der Waals surface area contributed by atoms with Gasteiger partial charge in [0.15, 0.2) is 0 Å². The van der Waals surface area contributed by atoms with Gasteiger partial charge in [-0.1, -0.05) is 5.57 Å². The molecule has 0 saturated heterocycles. The van der Waals surface area contributed by atoms with Crippen molar-refractivity contribution in [2.45, 2.75) is 32.8 Å². The minimum atomic E-state index is -0.155. The summed E-state index contributed by atoms with van der Waals surface area (Å²) in [6.07, 6.45) is 2.36. The zero-order valence-corrected chi connectivity index (χ0v) is 7.64. The zero-order valence-electron chi connectivity index (χ0n) is 7.64. The van der Waals surface area contributed by atoms with E-state index in [1.165, 1.54) is 0 Å². The Labute approximate surface area is 68.5 Å². The van der Waals surface area contributed by atoms with Gasteiger partial charge in [0.2, 0.25) is 0 Å². The minimum absolute atomic E-state index is 0.155. The highest BCUT2D eigenvalue weighted by Gasteiger charge is 2.16. The summed E-state index contributed by atoms with van der Waals surface area (Å²) in [7, 11) is 1.68. The smallest absolute Gasteiger partial charge is 0.0911 e. The maximum absolute atomic E-state index is 8.34. The van der Waals surface area contributed by atoms with Crippen molar-refractivity contribution in [1.82, 2.24) is 0 Å². The average Bonchev–Trinajstić information content (AvgIpc) is 1.87. The average molecular weight is 153 g/mol. The summed E-state index contributed by atoms with van der Waals surface area (Å²) >= 11 is 0. The van der Waals surface area contributed by atoms with E-state index in [2.05, 4.69) is 0 Å². The van der Waals surface area contributed by atoms with Crippen LogP contribution in [0, 0.1) is 11.3 Å². The highest BCUT2D eigenvalue weighted by Crippen LogP contribution is 2.18. The van der Waals surface area contributed by atoms with E-state index in [0.717, 1.165) is 12.0 Å². The Morgan fingerprint density at radius 3 is 2.55 bits per heavy atom. The molecule has 0 amide bonds. The van der Waals surface area contributed by atoms with Crippen LogP contribution in [0.5, 0.6) is 0 Å². The quantitative estimate of drug-likeness (QED) is 0.583. The molecule has 0 bridgehead atoms. The van der Waals surface area contributed by atoms with Gasteiger partial charge in [0.25, 0.3) is 0 Å². The van der Waals surface area contributed by atoms with Gasteiger partial charge in [-0.05, 0) is 27.2 Å². The van der Waals surface area contributed by atoms with Gasteiger partial charge < -0.3 is 4.74 Å². The lowest BCUT2D eigenvalue weighted by molar-refractivity contribution is 0.0233. The fraction of sp³-hybridized carbons (Fsp3) is 0.667. The molecule has 0 aromatic carbocycles. The van der Waals surface area contributed by atoms with E-state index in [1.54, 1.807) is 13.2 Å². The molecule has 0 unspecified atom stereocenters. The summed E-state index contributed by atoms with van der Waals surface area (Å²) in [4.78, 5) is 0. The number of methoxy groups -OCH3 is 1. The van der Waals surface area contributed by atoms with Crippen LogP contribution in [0.3, 0.4) is 0 Å². The third-order valence-corrected chi connectivity index (χ3v) is 1.57. The van der Waals surface area contributed by atoms with Crippen molar-refractivity contribution in [3.8, 4) is 6.07 Å². The van der Waals surface area contributed by atoms with Gasteiger partial charge >= 0.3 is 0 Å². The molecule has 0 aliphatic heterocycles. The summed E-state index contributed by atoms with van der Waals surface area (Å²) in [5.74, 6) is 0. The van der Waals surface area contributed by atoms with E-state index < -0.39 is 0 Å². The van der Waals surface area contributed by atoms with Crippen molar-refractivity contribution >= 4 is 0 Å². The molecule has 0 fully saturated rings. The Morgan fingerprint density at radius 1 is 1.64 bits per heavy atom. The Balaban J connectivity index is 4.06. The highest BCUT2D eigenvalue weighted by molar-refractivity contribution is 5.12. The van der Waals surface area contributed by atoms with Gasteiger partial charge in [0.05, 0.1) is 11.7 Å². The number of nitrogens with zero attached hydrogens (tertiary/aromatic N) is 1. The number of hydrogen-bond acceptors (Lipinski definition) is 2. The summed E-state index contributed by atoms with van der Waals surface area (Å²) in [6, 6.07) is 2.00. The van der Waals surface area contributed by atoms with Crippen molar-refractivity contribution in [1.29, 1.82) is 5.26 Å². The Hall–Kier alpha value is -0.810. The summed E-state index contributed by atoms with van der Waals surface area (Å²) in [6.45, 7) is 5.94. The monoisotopic (exact) mass is 153 g/mol. The standard InChI is InChI=1S/C9H15NO/c1-8(5-6-10)7-9(2,3)11-4/h5H,7H2,1-4H3. The molecule has 0 atom stereocenters. The molecule has 0 spiro atoms. The lowest BCUT2D eigenvalue weighted by Gasteiger charge is -2.22. The van der Waals surface area contributed by atoms with Gasteiger partial charge in [-0.2, -0.15) is 5.26 Å². The van der Waals surface area contributed by atoms with Crippen molar-refractivity contribution < 1.29 is 4.74 Å². The molecule has 0 heterocycles. The SMILES string of the molecule is COC(C)(C)CC(C)=CC#N. The molecule has 2 nitrogen and oxygen atoms in total. The first kappa shape index (κ1) is 10.2. The van der Waals surface area contributed by atoms with Crippen LogP contribution in [0.15, 0.2) is 11.6 Å². The molecule has 0 saturated carbocycles. The molecule has 0 aliphatic rings. The third-order valence-electron chi connectivity index (χ3n) is 1.57. The molecule has 0 aliphatic carbocycles. The number of allylic oxidation sites excluding steroid dienone is 1. The zero-order chi connectivity index (χ0) is 8.91. The number of ether oxygens (including phenoxy) is 1. The predicted octanol–water partition coefficient (Wildman–Crippen LogP) is 2.27. The second kappa shape index (κ2) is 4.15. The molecule has 62 valence electrons. The van der Waals surface area contributed by atoms with Crippen molar-refractivity contribution in [2.75, 3.05) is 7.11 Å². The van der Waals surface area contributed by atoms with E-state index >= 15 is 0 Å². The van der Waals surface area contributed by atoms with Crippen LogP contribution < -0.4 is 0 Å². The second-order valence-corrected chi connectivity index (χ2v) is 3.26. The van der Waals surface area contributed by atoms with Gasteiger partial charge in [-0.25, -0.2) is 0 Å². The molecular weight excluding hydrogens is 138 g/mol. The number of rotatable bonds is 3. The van der Waals surface area contributed by atoms with E-state index in [1.807, 2.05) is 26.8 Å². The maximum Gasteiger partial charge on any atom is 0.0911 e. The highest BCUT2D eigenvalue weighted by atomic mass is 16.5. The second-order valence-electron chi connectivity index (χ2n) is 3.26. The normalized spacial score (nSPS) is 12.8. The molecule has 0 rings (SSSR count). The largest absolute Gasteiger partial charge is 0.378 e. The minimum Gasteiger partial charge on any atom is -0.378 e. The number of nitriles is 1. The summed E-state index contributed by atoms with van der Waals surface area (Å²) in [5, 5.41) is 8.34. The van der Waals surface area contributed by atoms with Crippen molar-refractivity contribution in [2.24, 2.45) is 0 Å². The van der Waals surface area contributed by atoms with Gasteiger partial charge in [0, 0.05) is 13.2 Å². The lowest BCUT2D eigenvalue weighted by atomic mass is 9.99. The first-order chi connectivity index (χ1) is 5.02. The Bertz CT molecular complexity index is 186. The Morgan fingerprint density at radius 2 is 2.18 bits per heavy atom. The van der Waals surface area contributed by atoms with Crippen LogP contribution in [0.1, 0.15) is 27.2 Å². The van der Waals surface area contributed by atoms with Crippen molar-refractivity contribution in [3.63, 3.8) is 0 Å². The maximum atomic E-state index is 8.34. The first-order valence-electron chi connectivity index (χ1n) is 3.62. The molecule has 11 heavy (non-hydrogen) atoms. The number of hydrogen-bond donors (Lipinski definition) is 0. The van der Waals surface area contributed by atoms with E-state index in [4.69, 9.17) is 10.00 Å². The van der Waals surface area contributed by atoms with E-state index in [0.29, 0.717) is 0 Å². The van der Waals surface area contributed by atoms with Gasteiger partial charge in [-0.15, -0.1) is 0 Å². The van der Waals surface area contributed by atoms with Crippen LogP contribution in [0.2, 0.25) is 0 Å². The summed E-state index contributed by atoms with van der Waals surface area (Å²) < 4.78 is 5.20. The van der Waals surface area contributed by atoms with Crippen LogP contribution in [-0.2, 0) is 4.74 Å². The van der Waals surface area contributed by atoms with Crippen molar-refractivity contribution in [3.05, 3.63) is 11.6 Å². The van der Waals surface area contributed by atoms with Crippen LogP contribution in [0.25, 0.3) is 0 Å². The van der Waals surface area contributed by atoms with E-state index in [9.17, 15) is 0 Å². The molecule has 0 aromatic heterocycles. The molecular formula is C9H15NO. The Kier molecular flexibility index (Phi) is 3.84. The van der Waals surface area contributed by atoms with Gasteiger partial charge in [0.1, 0.15) is 0 Å². The molecule has 2 heteroatoms. The first-order valence-corrected chi connectivity index (χ1v) is 3.62. The molecule has 0 N–H and O–H groups in total. The van der Waals surface area contributed by atoms with E-state index in [-0.39, 0.29) is 5.60 Å². The fourth-order valence-electron chi connectivity index (χ4n) is 0.905. The molecule has 0 aromatic rings. The van der Waals surface area contributed by atoms with Crippen LogP contribution in [-0.4, -0.2) is 12.7 Å². The topological polar surface area (TPSA) is 33.0 Å². The fourth-order valence-corrected chi connectivity index (χ4v) is 0.905. The van der Waals surface area contributed by atoms with Gasteiger partial charge in [-0.3, -0.25) is 0 Å². The lowest BCUT2D eigenvalue weighted by Crippen LogP contribution is -2.22. The summed E-state index contributed by atoms with van der Waals surface area (Å²) in [5.41, 5.74) is 0.900. The third kappa shape index (κ3) is 4.58. The predicted molar refractivity (Wildman–Crippen MR) is 45.1 cm³/mol.